The van der Waals surface area contributed by atoms with Crippen molar-refractivity contribution in [2.75, 3.05) is 6.79 Å². The molecule has 0 N–H and O–H groups in total. The van der Waals surface area contributed by atoms with Crippen molar-refractivity contribution in [3.63, 3.8) is 0 Å². The fourth-order valence-corrected chi connectivity index (χ4v) is 2.40. The summed E-state index contributed by atoms with van der Waals surface area (Å²) < 4.78 is 10.9. The van der Waals surface area contributed by atoms with E-state index in [1.165, 1.54) is 10.8 Å². The Morgan fingerprint density at radius 3 is 2.61 bits per heavy atom. The molecule has 2 heterocycles. The second kappa shape index (κ2) is 4.16. The summed E-state index contributed by atoms with van der Waals surface area (Å²) in [7, 11) is 0. The van der Waals surface area contributed by atoms with Crippen molar-refractivity contribution in [2.45, 2.75) is 27.2 Å². The predicted molar refractivity (Wildman–Crippen MR) is 71.1 cm³/mol. The van der Waals surface area contributed by atoms with Gasteiger partial charge in [-0.3, -0.25) is 4.98 Å². The molecule has 94 valence electrons. The highest BCUT2D eigenvalue weighted by Crippen LogP contribution is 2.37. The highest BCUT2D eigenvalue weighted by molar-refractivity contribution is 5.88. The number of nitrogens with zero attached hydrogens (tertiary/aromatic N) is 1. The van der Waals surface area contributed by atoms with Crippen LogP contribution in [0.2, 0.25) is 0 Å². The van der Waals surface area contributed by atoms with Crippen molar-refractivity contribution < 1.29 is 9.47 Å². The van der Waals surface area contributed by atoms with E-state index in [-0.39, 0.29) is 0 Å². The minimum atomic E-state index is 0.317. The normalized spacial score (nSPS) is 13.6. The third kappa shape index (κ3) is 1.90. The van der Waals surface area contributed by atoms with Crippen LogP contribution in [0.4, 0.5) is 0 Å². The van der Waals surface area contributed by atoms with Gasteiger partial charge >= 0.3 is 0 Å². The van der Waals surface area contributed by atoms with Crippen LogP contribution in [0.15, 0.2) is 18.2 Å². The van der Waals surface area contributed by atoms with Gasteiger partial charge in [-0.1, -0.05) is 13.8 Å². The Bertz CT molecular complexity index is 605. The van der Waals surface area contributed by atoms with E-state index in [2.05, 4.69) is 37.0 Å². The first-order chi connectivity index (χ1) is 8.63. The SMILES string of the molecule is Cc1cc2cc3c(cc2c(CC(C)C)n1)OCO3. The lowest BCUT2D eigenvalue weighted by molar-refractivity contribution is 0.174. The fraction of sp³-hybridized carbons (Fsp3) is 0.400. The molecular weight excluding hydrogens is 226 g/mol. The summed E-state index contributed by atoms with van der Waals surface area (Å²) in [4.78, 5) is 4.67. The zero-order valence-corrected chi connectivity index (χ0v) is 11.0. The molecule has 3 nitrogen and oxygen atoms in total. The van der Waals surface area contributed by atoms with E-state index in [4.69, 9.17) is 9.47 Å². The number of hydrogen-bond donors (Lipinski definition) is 0. The van der Waals surface area contributed by atoms with E-state index in [0.29, 0.717) is 12.7 Å². The zero-order chi connectivity index (χ0) is 12.7. The van der Waals surface area contributed by atoms with Gasteiger partial charge in [0.2, 0.25) is 6.79 Å². The van der Waals surface area contributed by atoms with Crippen LogP contribution in [0.3, 0.4) is 0 Å². The van der Waals surface area contributed by atoms with Gasteiger partial charge in [0.15, 0.2) is 11.5 Å². The average Bonchev–Trinajstić information content (AvgIpc) is 2.72. The summed E-state index contributed by atoms with van der Waals surface area (Å²) in [6, 6.07) is 6.21. The average molecular weight is 243 g/mol. The van der Waals surface area contributed by atoms with E-state index in [0.717, 1.165) is 29.3 Å². The van der Waals surface area contributed by atoms with E-state index >= 15 is 0 Å². The van der Waals surface area contributed by atoms with Crippen molar-refractivity contribution >= 4 is 10.8 Å². The fourth-order valence-electron chi connectivity index (χ4n) is 2.40. The Balaban J connectivity index is 2.22. The molecule has 0 fully saturated rings. The first-order valence-electron chi connectivity index (χ1n) is 6.33. The first-order valence-corrected chi connectivity index (χ1v) is 6.33. The third-order valence-electron chi connectivity index (χ3n) is 3.13. The van der Waals surface area contributed by atoms with Crippen molar-refractivity contribution in [1.29, 1.82) is 0 Å². The highest BCUT2D eigenvalue weighted by Gasteiger charge is 2.16. The number of rotatable bonds is 2. The Morgan fingerprint density at radius 1 is 1.17 bits per heavy atom. The molecule has 1 aliphatic rings. The predicted octanol–water partition coefficient (Wildman–Crippen LogP) is 3.47. The topological polar surface area (TPSA) is 31.4 Å². The number of fused-ring (bicyclic) bond motifs is 2. The highest BCUT2D eigenvalue weighted by atomic mass is 16.7. The van der Waals surface area contributed by atoms with E-state index in [1.54, 1.807) is 0 Å². The Labute approximate surface area is 107 Å². The molecular formula is C15H17NO2. The summed E-state index contributed by atoms with van der Waals surface area (Å²) in [5.74, 6) is 2.26. The van der Waals surface area contributed by atoms with E-state index < -0.39 is 0 Å². The molecule has 0 saturated heterocycles. The van der Waals surface area contributed by atoms with Crippen LogP contribution in [0.1, 0.15) is 25.2 Å². The molecule has 0 atom stereocenters. The molecule has 0 spiro atoms. The standard InChI is InChI=1S/C15H17NO2/c1-9(2)4-13-12-7-15-14(17-8-18-15)6-11(12)5-10(3)16-13/h5-7,9H,4,8H2,1-3H3. The third-order valence-corrected chi connectivity index (χ3v) is 3.13. The molecule has 2 aromatic rings. The van der Waals surface area contributed by atoms with Gasteiger partial charge in [-0.2, -0.15) is 0 Å². The summed E-state index contributed by atoms with van der Waals surface area (Å²) >= 11 is 0. The van der Waals surface area contributed by atoms with Gasteiger partial charge in [-0.05, 0) is 42.8 Å². The van der Waals surface area contributed by atoms with Gasteiger partial charge in [-0.25, -0.2) is 0 Å². The molecule has 1 aromatic carbocycles. The maximum atomic E-state index is 5.45. The van der Waals surface area contributed by atoms with Crippen LogP contribution in [-0.2, 0) is 6.42 Å². The lowest BCUT2D eigenvalue weighted by Crippen LogP contribution is -2.00. The van der Waals surface area contributed by atoms with Gasteiger partial charge < -0.3 is 9.47 Å². The largest absolute Gasteiger partial charge is 0.454 e. The molecule has 1 aliphatic heterocycles. The minimum absolute atomic E-state index is 0.317. The summed E-state index contributed by atoms with van der Waals surface area (Å²) in [5, 5.41) is 2.36. The molecule has 0 bridgehead atoms. The number of aryl methyl sites for hydroxylation is 1. The molecule has 1 aromatic heterocycles. The van der Waals surface area contributed by atoms with Gasteiger partial charge in [0.05, 0.1) is 0 Å². The van der Waals surface area contributed by atoms with Crippen molar-refractivity contribution in [3.05, 3.63) is 29.6 Å². The maximum absolute atomic E-state index is 5.45. The summed E-state index contributed by atoms with van der Waals surface area (Å²) in [5.41, 5.74) is 2.20. The smallest absolute Gasteiger partial charge is 0.231 e. The van der Waals surface area contributed by atoms with Crippen LogP contribution in [0.5, 0.6) is 11.5 Å². The molecule has 0 aliphatic carbocycles. The Morgan fingerprint density at radius 2 is 1.89 bits per heavy atom. The number of ether oxygens (including phenoxy) is 2. The first kappa shape index (κ1) is 11.3. The van der Waals surface area contributed by atoms with Crippen LogP contribution >= 0.6 is 0 Å². The van der Waals surface area contributed by atoms with Gasteiger partial charge in [0.25, 0.3) is 0 Å². The molecule has 3 rings (SSSR count). The Kier molecular flexibility index (Phi) is 2.62. The number of aromatic nitrogens is 1. The quantitative estimate of drug-likeness (QED) is 0.809. The second-order valence-electron chi connectivity index (χ2n) is 5.23. The molecule has 18 heavy (non-hydrogen) atoms. The number of hydrogen-bond acceptors (Lipinski definition) is 3. The number of pyridine rings is 1. The van der Waals surface area contributed by atoms with Crippen LogP contribution in [-0.4, -0.2) is 11.8 Å². The monoisotopic (exact) mass is 243 g/mol. The Hall–Kier alpha value is -1.77. The van der Waals surface area contributed by atoms with E-state index in [9.17, 15) is 0 Å². The van der Waals surface area contributed by atoms with Crippen molar-refractivity contribution in [1.82, 2.24) is 4.98 Å². The second-order valence-corrected chi connectivity index (χ2v) is 5.23. The molecule has 0 saturated carbocycles. The lowest BCUT2D eigenvalue weighted by Gasteiger charge is -2.10. The molecule has 3 heteroatoms. The van der Waals surface area contributed by atoms with Crippen LogP contribution in [0.25, 0.3) is 10.8 Å². The van der Waals surface area contributed by atoms with Gasteiger partial charge in [-0.15, -0.1) is 0 Å². The minimum Gasteiger partial charge on any atom is -0.454 e. The summed E-state index contributed by atoms with van der Waals surface area (Å²) in [6.07, 6.45) is 0.984. The van der Waals surface area contributed by atoms with Crippen molar-refractivity contribution in [3.8, 4) is 11.5 Å². The van der Waals surface area contributed by atoms with Crippen molar-refractivity contribution in [2.24, 2.45) is 5.92 Å². The van der Waals surface area contributed by atoms with Gasteiger partial charge in [0, 0.05) is 16.8 Å². The van der Waals surface area contributed by atoms with Gasteiger partial charge in [0.1, 0.15) is 0 Å². The molecule has 0 radical (unpaired) electrons. The molecule has 0 unspecified atom stereocenters. The van der Waals surface area contributed by atoms with E-state index in [1.807, 2.05) is 6.92 Å². The number of benzene rings is 1. The van der Waals surface area contributed by atoms with Crippen LogP contribution in [0, 0.1) is 12.8 Å². The summed E-state index contributed by atoms with van der Waals surface area (Å²) in [6.45, 7) is 6.77. The lowest BCUT2D eigenvalue weighted by atomic mass is 10.0. The maximum Gasteiger partial charge on any atom is 0.231 e. The molecule has 0 amide bonds. The zero-order valence-electron chi connectivity index (χ0n) is 11.0. The van der Waals surface area contributed by atoms with Crippen LogP contribution < -0.4 is 9.47 Å².